The van der Waals surface area contributed by atoms with E-state index in [2.05, 4.69) is 45.2 Å². The molecule has 0 atom stereocenters. The molecule has 2 aliphatic rings. The minimum absolute atomic E-state index is 0.336. The summed E-state index contributed by atoms with van der Waals surface area (Å²) in [6, 6.07) is 12.9. The summed E-state index contributed by atoms with van der Waals surface area (Å²) in [5.41, 5.74) is 8.29. The number of aromatic nitrogens is 2. The Labute approximate surface area is 149 Å². The molecule has 5 heteroatoms. The molecule has 1 aliphatic heterocycles. The van der Waals surface area contributed by atoms with Crippen molar-refractivity contribution in [1.29, 1.82) is 0 Å². The molecule has 5 nitrogen and oxygen atoms in total. The van der Waals surface area contributed by atoms with Crippen molar-refractivity contribution >= 4 is 5.82 Å². The second kappa shape index (κ2) is 7.50. The number of benzene rings is 1. The van der Waals surface area contributed by atoms with Crippen LogP contribution in [0.4, 0.5) is 5.82 Å². The van der Waals surface area contributed by atoms with Crippen LogP contribution >= 0.6 is 0 Å². The van der Waals surface area contributed by atoms with Crippen molar-refractivity contribution in [1.82, 2.24) is 9.97 Å². The Bertz CT molecular complexity index is 679. The maximum Gasteiger partial charge on any atom is 0.132 e. The van der Waals surface area contributed by atoms with Gasteiger partial charge in [-0.15, -0.1) is 0 Å². The third kappa shape index (κ3) is 3.99. The Morgan fingerprint density at radius 2 is 1.84 bits per heavy atom. The van der Waals surface area contributed by atoms with Gasteiger partial charge in [0, 0.05) is 36.8 Å². The summed E-state index contributed by atoms with van der Waals surface area (Å²) in [7, 11) is 0. The zero-order valence-corrected chi connectivity index (χ0v) is 14.6. The Balaban J connectivity index is 1.29. The molecule has 2 N–H and O–H groups in total. The third-order valence-corrected chi connectivity index (χ3v) is 5.36. The first-order valence-electron chi connectivity index (χ1n) is 9.26. The Kier molecular flexibility index (Phi) is 4.95. The van der Waals surface area contributed by atoms with Crippen molar-refractivity contribution in [2.24, 2.45) is 5.73 Å². The van der Waals surface area contributed by atoms with Crippen molar-refractivity contribution in [2.45, 2.75) is 50.4 Å². The van der Waals surface area contributed by atoms with Crippen LogP contribution in [0.2, 0.25) is 0 Å². The minimum atomic E-state index is 0.336. The number of ether oxygens (including phenoxy) is 1. The highest BCUT2D eigenvalue weighted by atomic mass is 16.5. The molecule has 0 unspecified atom stereocenters. The van der Waals surface area contributed by atoms with Crippen LogP contribution in [0.3, 0.4) is 0 Å². The van der Waals surface area contributed by atoms with Gasteiger partial charge in [-0.25, -0.2) is 9.97 Å². The quantitative estimate of drug-likeness (QED) is 0.908. The number of hydrogen-bond acceptors (Lipinski definition) is 5. The van der Waals surface area contributed by atoms with E-state index >= 15 is 0 Å². The maximum absolute atomic E-state index is 6.08. The fraction of sp³-hybridized carbons (Fsp3) is 0.500. The van der Waals surface area contributed by atoms with E-state index in [-0.39, 0.29) is 0 Å². The van der Waals surface area contributed by atoms with Gasteiger partial charge < -0.3 is 15.4 Å². The van der Waals surface area contributed by atoms with E-state index in [9.17, 15) is 0 Å². The largest absolute Gasteiger partial charge is 0.373 e. The highest BCUT2D eigenvalue weighted by molar-refractivity contribution is 5.40. The normalized spacial score (nSPS) is 24.1. The summed E-state index contributed by atoms with van der Waals surface area (Å²) in [5.74, 6) is 1.57. The zero-order valence-electron chi connectivity index (χ0n) is 14.6. The third-order valence-electron chi connectivity index (χ3n) is 5.36. The molecule has 2 fully saturated rings. The van der Waals surface area contributed by atoms with E-state index in [0.29, 0.717) is 24.7 Å². The van der Waals surface area contributed by atoms with Gasteiger partial charge in [-0.3, -0.25) is 0 Å². The number of nitrogens with zero attached hydrogens (tertiary/aromatic N) is 3. The molecule has 0 radical (unpaired) electrons. The van der Waals surface area contributed by atoms with Crippen molar-refractivity contribution in [3.8, 4) is 0 Å². The van der Waals surface area contributed by atoms with Gasteiger partial charge in [-0.05, 0) is 31.2 Å². The molecule has 2 aromatic rings. The predicted octanol–water partition coefficient (Wildman–Crippen LogP) is 2.87. The van der Waals surface area contributed by atoms with Crippen molar-refractivity contribution in [2.75, 3.05) is 18.0 Å². The maximum atomic E-state index is 6.08. The standard InChI is InChI=1S/C20H26N4O/c21-17-10-16(11-17)19-12-20(23-14-22-19)24-8-6-18(7-9-24)25-13-15-4-2-1-3-5-15/h1-5,12,14,16-18H,6-11,13,21H2. The first-order valence-corrected chi connectivity index (χ1v) is 9.26. The molecule has 4 rings (SSSR count). The van der Waals surface area contributed by atoms with E-state index in [1.807, 2.05) is 6.07 Å². The molecule has 1 aromatic heterocycles. The number of nitrogens with two attached hydrogens (primary N) is 1. The van der Waals surface area contributed by atoms with Crippen LogP contribution in [0.1, 0.15) is 42.9 Å². The lowest BCUT2D eigenvalue weighted by Crippen LogP contribution is -2.38. The van der Waals surface area contributed by atoms with Crippen LogP contribution in [0.5, 0.6) is 0 Å². The SMILES string of the molecule is NC1CC(c2cc(N3CCC(OCc4ccccc4)CC3)ncn2)C1. The molecule has 25 heavy (non-hydrogen) atoms. The van der Waals surface area contributed by atoms with Crippen molar-refractivity contribution in [3.63, 3.8) is 0 Å². The van der Waals surface area contributed by atoms with E-state index in [1.165, 1.54) is 5.56 Å². The zero-order chi connectivity index (χ0) is 17.1. The molecule has 0 amide bonds. The van der Waals surface area contributed by atoms with Crippen LogP contribution in [-0.2, 0) is 11.3 Å². The second-order valence-corrected chi connectivity index (χ2v) is 7.21. The number of anilines is 1. The Hall–Kier alpha value is -1.98. The van der Waals surface area contributed by atoms with Gasteiger partial charge in [0.25, 0.3) is 0 Å². The van der Waals surface area contributed by atoms with E-state index in [4.69, 9.17) is 10.5 Å². The van der Waals surface area contributed by atoms with Crippen molar-refractivity contribution < 1.29 is 4.74 Å². The van der Waals surface area contributed by atoms with Gasteiger partial charge in [0.2, 0.25) is 0 Å². The lowest BCUT2D eigenvalue weighted by atomic mass is 9.78. The summed E-state index contributed by atoms with van der Waals surface area (Å²) in [6.07, 6.45) is 6.22. The van der Waals surface area contributed by atoms with Gasteiger partial charge in [0.1, 0.15) is 12.1 Å². The highest BCUT2D eigenvalue weighted by Crippen LogP contribution is 2.35. The molecule has 1 saturated heterocycles. The van der Waals surface area contributed by atoms with Crippen LogP contribution in [0.25, 0.3) is 0 Å². The highest BCUT2D eigenvalue weighted by Gasteiger charge is 2.29. The molecule has 2 heterocycles. The topological polar surface area (TPSA) is 64.3 Å². The van der Waals surface area contributed by atoms with Crippen LogP contribution in [-0.4, -0.2) is 35.2 Å². The fourth-order valence-corrected chi connectivity index (χ4v) is 3.70. The summed E-state index contributed by atoms with van der Waals surface area (Å²) >= 11 is 0. The number of rotatable bonds is 5. The number of hydrogen-bond donors (Lipinski definition) is 1. The van der Waals surface area contributed by atoms with Crippen LogP contribution < -0.4 is 10.6 Å². The van der Waals surface area contributed by atoms with Gasteiger partial charge in [-0.1, -0.05) is 30.3 Å². The lowest BCUT2D eigenvalue weighted by Gasteiger charge is -2.34. The molecule has 1 aromatic carbocycles. The Morgan fingerprint density at radius 3 is 2.56 bits per heavy atom. The van der Waals surface area contributed by atoms with Gasteiger partial charge in [-0.2, -0.15) is 0 Å². The van der Waals surface area contributed by atoms with E-state index < -0.39 is 0 Å². The minimum Gasteiger partial charge on any atom is -0.373 e. The van der Waals surface area contributed by atoms with E-state index in [0.717, 1.165) is 50.3 Å². The monoisotopic (exact) mass is 338 g/mol. The molecule has 1 saturated carbocycles. The number of piperidine rings is 1. The van der Waals surface area contributed by atoms with Crippen LogP contribution in [0, 0.1) is 0 Å². The summed E-state index contributed by atoms with van der Waals surface area (Å²) < 4.78 is 6.08. The fourth-order valence-electron chi connectivity index (χ4n) is 3.70. The smallest absolute Gasteiger partial charge is 0.132 e. The van der Waals surface area contributed by atoms with Crippen molar-refractivity contribution in [3.05, 3.63) is 54.0 Å². The van der Waals surface area contributed by atoms with E-state index in [1.54, 1.807) is 6.33 Å². The summed E-state index contributed by atoms with van der Waals surface area (Å²) in [5, 5.41) is 0. The van der Waals surface area contributed by atoms with Crippen LogP contribution in [0.15, 0.2) is 42.7 Å². The molecule has 0 bridgehead atoms. The molecular weight excluding hydrogens is 312 g/mol. The second-order valence-electron chi connectivity index (χ2n) is 7.21. The molecule has 1 aliphatic carbocycles. The lowest BCUT2D eigenvalue weighted by molar-refractivity contribution is 0.0250. The molecular formula is C20H26N4O. The molecule has 132 valence electrons. The predicted molar refractivity (Wildman–Crippen MR) is 98.4 cm³/mol. The van der Waals surface area contributed by atoms with Gasteiger partial charge in [0.05, 0.1) is 12.7 Å². The first-order chi connectivity index (χ1) is 12.3. The van der Waals surface area contributed by atoms with Gasteiger partial charge >= 0.3 is 0 Å². The summed E-state index contributed by atoms with van der Waals surface area (Å²) in [6.45, 7) is 2.67. The molecule has 0 spiro atoms. The average Bonchev–Trinajstić information content (AvgIpc) is 2.65. The average molecular weight is 338 g/mol. The summed E-state index contributed by atoms with van der Waals surface area (Å²) in [4.78, 5) is 11.3. The van der Waals surface area contributed by atoms with Gasteiger partial charge in [0.15, 0.2) is 0 Å². The Morgan fingerprint density at radius 1 is 1.08 bits per heavy atom. The first kappa shape index (κ1) is 16.5.